The number of alkyl halides is 3. The highest BCUT2D eigenvalue weighted by Gasteiger charge is 2.31. The van der Waals surface area contributed by atoms with E-state index < -0.39 is 12.7 Å². The molecule has 1 aromatic carbocycles. The quantitative estimate of drug-likeness (QED) is 0.837. The maximum Gasteiger partial charge on any atom is 0.405 e. The molecule has 0 radical (unpaired) electrons. The molecule has 6 heteroatoms. The lowest BCUT2D eigenvalue weighted by molar-refractivity contribution is -0.119. The highest BCUT2D eigenvalue weighted by atomic mass is 19.4. The van der Waals surface area contributed by atoms with Gasteiger partial charge in [0.1, 0.15) is 12.3 Å². The molecule has 0 saturated carbocycles. The monoisotopic (exact) mass is 276 g/mol. The summed E-state index contributed by atoms with van der Waals surface area (Å²) in [5.74, 6) is 0.410. The first kappa shape index (κ1) is 15.5. The average Bonchev–Trinajstić information content (AvgIpc) is 2.27. The van der Waals surface area contributed by atoms with Gasteiger partial charge in [-0.05, 0) is 32.9 Å². The SMILES string of the molecule is CCN(CC(F)(F)F)c1cccc(OC(C)C)c1N. The molecular formula is C13H19F3N2O. The normalized spacial score (nSPS) is 11.7. The zero-order valence-corrected chi connectivity index (χ0v) is 11.3. The van der Waals surface area contributed by atoms with Gasteiger partial charge >= 0.3 is 6.18 Å². The Labute approximate surface area is 111 Å². The lowest BCUT2D eigenvalue weighted by Gasteiger charge is -2.26. The topological polar surface area (TPSA) is 38.5 Å². The van der Waals surface area contributed by atoms with Crippen LogP contribution in [-0.2, 0) is 0 Å². The van der Waals surface area contributed by atoms with Crippen molar-refractivity contribution in [2.75, 3.05) is 23.7 Å². The van der Waals surface area contributed by atoms with Crippen LogP contribution in [0.3, 0.4) is 0 Å². The van der Waals surface area contributed by atoms with E-state index in [1.807, 2.05) is 13.8 Å². The summed E-state index contributed by atoms with van der Waals surface area (Å²) in [6, 6.07) is 4.86. The smallest absolute Gasteiger partial charge is 0.405 e. The van der Waals surface area contributed by atoms with E-state index in [1.54, 1.807) is 25.1 Å². The molecule has 0 saturated heterocycles. The number of rotatable bonds is 5. The van der Waals surface area contributed by atoms with Gasteiger partial charge in [0, 0.05) is 6.54 Å². The Morgan fingerprint density at radius 3 is 2.42 bits per heavy atom. The Bertz CT molecular complexity index is 419. The number of benzene rings is 1. The van der Waals surface area contributed by atoms with Crippen LogP contribution in [0.5, 0.6) is 5.75 Å². The Hall–Kier alpha value is -1.59. The van der Waals surface area contributed by atoms with E-state index in [9.17, 15) is 13.2 Å². The summed E-state index contributed by atoms with van der Waals surface area (Å²) in [4.78, 5) is 1.18. The lowest BCUT2D eigenvalue weighted by atomic mass is 10.2. The fourth-order valence-corrected chi connectivity index (χ4v) is 1.75. The first-order chi connectivity index (χ1) is 8.74. The van der Waals surface area contributed by atoms with Gasteiger partial charge in [-0.25, -0.2) is 0 Å². The number of hydrogen-bond acceptors (Lipinski definition) is 3. The first-order valence-electron chi connectivity index (χ1n) is 6.11. The number of nitrogens with two attached hydrogens (primary N) is 1. The Kier molecular flexibility index (Phi) is 4.91. The highest BCUT2D eigenvalue weighted by molar-refractivity contribution is 5.74. The summed E-state index contributed by atoms with van der Waals surface area (Å²) in [6.45, 7) is 4.51. The van der Waals surface area contributed by atoms with Gasteiger partial charge < -0.3 is 15.4 Å². The van der Waals surface area contributed by atoms with Crippen LogP contribution in [0.25, 0.3) is 0 Å². The standard InChI is InChI=1S/C13H19F3N2O/c1-4-18(8-13(14,15)16)10-6-5-7-11(12(10)17)19-9(2)3/h5-7,9H,4,8,17H2,1-3H3. The largest absolute Gasteiger partial charge is 0.489 e. The second kappa shape index (κ2) is 6.04. The number of anilines is 2. The van der Waals surface area contributed by atoms with E-state index in [2.05, 4.69) is 0 Å². The third-order valence-electron chi connectivity index (χ3n) is 2.50. The van der Waals surface area contributed by atoms with Crippen molar-refractivity contribution < 1.29 is 17.9 Å². The number of halogens is 3. The molecule has 0 aromatic heterocycles. The molecule has 0 aliphatic rings. The molecule has 0 unspecified atom stereocenters. The Balaban J connectivity index is 3.04. The zero-order valence-electron chi connectivity index (χ0n) is 11.3. The maximum absolute atomic E-state index is 12.5. The van der Waals surface area contributed by atoms with Crippen LogP contribution < -0.4 is 15.4 Å². The minimum Gasteiger partial charge on any atom is -0.489 e. The van der Waals surface area contributed by atoms with Gasteiger partial charge in [0.25, 0.3) is 0 Å². The highest BCUT2D eigenvalue weighted by Crippen LogP contribution is 2.34. The Morgan fingerprint density at radius 2 is 1.95 bits per heavy atom. The van der Waals surface area contributed by atoms with Crippen LogP contribution in [0.1, 0.15) is 20.8 Å². The molecule has 0 amide bonds. The van der Waals surface area contributed by atoms with E-state index in [1.165, 1.54) is 4.90 Å². The Morgan fingerprint density at radius 1 is 1.32 bits per heavy atom. The van der Waals surface area contributed by atoms with Gasteiger partial charge in [-0.3, -0.25) is 0 Å². The second-order valence-electron chi connectivity index (χ2n) is 4.48. The summed E-state index contributed by atoms with van der Waals surface area (Å²) in [5.41, 5.74) is 6.48. The second-order valence-corrected chi connectivity index (χ2v) is 4.48. The molecule has 0 fully saturated rings. The minimum absolute atomic E-state index is 0.0877. The van der Waals surface area contributed by atoms with Crippen molar-refractivity contribution in [3.8, 4) is 5.75 Å². The van der Waals surface area contributed by atoms with Crippen molar-refractivity contribution in [2.45, 2.75) is 33.1 Å². The number of ether oxygens (including phenoxy) is 1. The van der Waals surface area contributed by atoms with Crippen molar-refractivity contribution in [3.63, 3.8) is 0 Å². The number of para-hydroxylation sites is 1. The van der Waals surface area contributed by atoms with Crippen LogP contribution in [0, 0.1) is 0 Å². The zero-order chi connectivity index (χ0) is 14.6. The fourth-order valence-electron chi connectivity index (χ4n) is 1.75. The molecule has 0 heterocycles. The van der Waals surface area contributed by atoms with Crippen molar-refractivity contribution in [3.05, 3.63) is 18.2 Å². The molecule has 0 aliphatic heterocycles. The first-order valence-corrected chi connectivity index (χ1v) is 6.11. The van der Waals surface area contributed by atoms with Gasteiger partial charge in [-0.2, -0.15) is 13.2 Å². The van der Waals surface area contributed by atoms with Crippen molar-refractivity contribution >= 4 is 11.4 Å². The number of hydrogen-bond donors (Lipinski definition) is 1. The van der Waals surface area contributed by atoms with E-state index in [0.717, 1.165) is 0 Å². The molecule has 0 aliphatic carbocycles. The summed E-state index contributed by atoms with van der Waals surface area (Å²) in [7, 11) is 0. The van der Waals surface area contributed by atoms with E-state index >= 15 is 0 Å². The molecule has 108 valence electrons. The molecule has 3 nitrogen and oxygen atoms in total. The summed E-state index contributed by atoms with van der Waals surface area (Å²) >= 11 is 0. The third-order valence-corrected chi connectivity index (χ3v) is 2.50. The van der Waals surface area contributed by atoms with Gasteiger partial charge in [0.15, 0.2) is 0 Å². The maximum atomic E-state index is 12.5. The van der Waals surface area contributed by atoms with Gasteiger partial charge in [-0.1, -0.05) is 6.07 Å². The minimum atomic E-state index is -4.27. The third kappa shape index (κ3) is 4.54. The van der Waals surface area contributed by atoms with Crippen molar-refractivity contribution in [1.29, 1.82) is 0 Å². The van der Waals surface area contributed by atoms with E-state index in [0.29, 0.717) is 11.4 Å². The molecular weight excluding hydrogens is 257 g/mol. The van der Waals surface area contributed by atoms with Crippen LogP contribution in [-0.4, -0.2) is 25.4 Å². The molecule has 0 atom stereocenters. The summed E-state index contributed by atoms with van der Waals surface area (Å²) in [5, 5.41) is 0. The lowest BCUT2D eigenvalue weighted by Crippen LogP contribution is -2.34. The van der Waals surface area contributed by atoms with Crippen LogP contribution in [0.4, 0.5) is 24.5 Å². The van der Waals surface area contributed by atoms with E-state index in [4.69, 9.17) is 10.5 Å². The summed E-state index contributed by atoms with van der Waals surface area (Å²) in [6.07, 6.45) is -4.35. The summed E-state index contributed by atoms with van der Waals surface area (Å²) < 4.78 is 43.0. The number of nitrogen functional groups attached to an aromatic ring is 1. The molecule has 1 rings (SSSR count). The predicted molar refractivity (Wildman–Crippen MR) is 70.6 cm³/mol. The molecule has 1 aromatic rings. The van der Waals surface area contributed by atoms with Crippen molar-refractivity contribution in [1.82, 2.24) is 0 Å². The van der Waals surface area contributed by atoms with Gasteiger partial charge in [0.05, 0.1) is 17.5 Å². The molecule has 19 heavy (non-hydrogen) atoms. The van der Waals surface area contributed by atoms with Gasteiger partial charge in [-0.15, -0.1) is 0 Å². The van der Waals surface area contributed by atoms with Crippen LogP contribution >= 0.6 is 0 Å². The van der Waals surface area contributed by atoms with Crippen LogP contribution in [0.2, 0.25) is 0 Å². The van der Waals surface area contributed by atoms with E-state index in [-0.39, 0.29) is 18.3 Å². The van der Waals surface area contributed by atoms with Crippen molar-refractivity contribution in [2.24, 2.45) is 0 Å². The van der Waals surface area contributed by atoms with Crippen LogP contribution in [0.15, 0.2) is 18.2 Å². The molecule has 2 N–H and O–H groups in total. The van der Waals surface area contributed by atoms with Gasteiger partial charge in [0.2, 0.25) is 0 Å². The molecule has 0 bridgehead atoms. The number of nitrogens with zero attached hydrogens (tertiary/aromatic N) is 1. The predicted octanol–water partition coefficient (Wildman–Crippen LogP) is 3.44. The average molecular weight is 276 g/mol. The fraction of sp³-hybridized carbons (Fsp3) is 0.538. The molecule has 0 spiro atoms.